The van der Waals surface area contributed by atoms with E-state index in [9.17, 15) is 9.59 Å². The fourth-order valence-corrected chi connectivity index (χ4v) is 2.47. The fourth-order valence-electron chi connectivity index (χ4n) is 1.71. The van der Waals surface area contributed by atoms with Crippen LogP contribution in [0.4, 0.5) is 5.82 Å². The summed E-state index contributed by atoms with van der Waals surface area (Å²) in [5.74, 6) is 0.398. The van der Waals surface area contributed by atoms with Crippen molar-refractivity contribution in [2.24, 2.45) is 0 Å². The molecule has 1 amide bonds. The van der Waals surface area contributed by atoms with Crippen molar-refractivity contribution in [2.75, 3.05) is 5.32 Å². The standard InChI is InChI=1S/C13H15N3O2S/c1-9-4-3-5-11(14-9)15-12(17)6-7-16-10(2)8-19-13(16)18/h3-5,8H,6-7H2,1-2H3,(H,14,15,17). The normalized spacial score (nSPS) is 10.4. The molecule has 2 heterocycles. The second-order valence-electron chi connectivity index (χ2n) is 4.26. The molecule has 0 bridgehead atoms. The van der Waals surface area contributed by atoms with Gasteiger partial charge in [-0.3, -0.25) is 9.59 Å². The lowest BCUT2D eigenvalue weighted by atomic mass is 10.3. The lowest BCUT2D eigenvalue weighted by Gasteiger charge is -2.06. The molecule has 1 N–H and O–H groups in total. The molecular weight excluding hydrogens is 262 g/mol. The zero-order valence-corrected chi connectivity index (χ0v) is 11.7. The van der Waals surface area contributed by atoms with Crippen molar-refractivity contribution >= 4 is 23.1 Å². The number of aryl methyl sites for hydroxylation is 2. The number of aromatic nitrogens is 2. The van der Waals surface area contributed by atoms with Crippen molar-refractivity contribution < 1.29 is 4.79 Å². The Morgan fingerprint density at radius 1 is 1.42 bits per heavy atom. The zero-order chi connectivity index (χ0) is 13.8. The lowest BCUT2D eigenvalue weighted by molar-refractivity contribution is -0.116. The minimum absolute atomic E-state index is 0.0287. The number of hydrogen-bond acceptors (Lipinski definition) is 4. The third-order valence-electron chi connectivity index (χ3n) is 2.69. The zero-order valence-electron chi connectivity index (χ0n) is 10.8. The number of nitrogens with zero attached hydrogens (tertiary/aromatic N) is 2. The van der Waals surface area contributed by atoms with Gasteiger partial charge >= 0.3 is 4.87 Å². The van der Waals surface area contributed by atoms with Crippen molar-refractivity contribution in [2.45, 2.75) is 26.8 Å². The van der Waals surface area contributed by atoms with Crippen molar-refractivity contribution in [1.82, 2.24) is 9.55 Å². The first-order chi connectivity index (χ1) is 9.06. The number of nitrogens with one attached hydrogen (secondary N) is 1. The summed E-state index contributed by atoms with van der Waals surface area (Å²) in [5, 5.41) is 4.52. The number of hydrogen-bond donors (Lipinski definition) is 1. The Hall–Kier alpha value is -1.95. The molecule has 2 aromatic heterocycles. The van der Waals surface area contributed by atoms with Crippen LogP contribution in [0.2, 0.25) is 0 Å². The van der Waals surface area contributed by atoms with Crippen LogP contribution in [0.3, 0.4) is 0 Å². The lowest BCUT2D eigenvalue weighted by Crippen LogP contribution is -2.20. The Labute approximate surface area is 114 Å². The van der Waals surface area contributed by atoms with E-state index in [0.29, 0.717) is 12.4 Å². The van der Waals surface area contributed by atoms with Crippen molar-refractivity contribution in [3.8, 4) is 0 Å². The number of amides is 1. The molecule has 0 saturated heterocycles. The summed E-state index contributed by atoms with van der Waals surface area (Å²) < 4.78 is 1.61. The van der Waals surface area contributed by atoms with Gasteiger partial charge in [0.1, 0.15) is 5.82 Å². The summed E-state index contributed by atoms with van der Waals surface area (Å²) in [4.78, 5) is 27.4. The first-order valence-corrected chi connectivity index (χ1v) is 6.82. The topological polar surface area (TPSA) is 64.0 Å². The van der Waals surface area contributed by atoms with E-state index < -0.39 is 0 Å². The van der Waals surface area contributed by atoms with E-state index in [0.717, 1.165) is 22.7 Å². The Kier molecular flexibility index (Phi) is 4.11. The molecule has 2 rings (SSSR count). The predicted molar refractivity (Wildman–Crippen MR) is 75.5 cm³/mol. The molecule has 6 heteroatoms. The first kappa shape index (κ1) is 13.5. The SMILES string of the molecule is Cc1cccc(NC(=O)CCn2c(C)csc2=O)n1. The molecule has 0 aromatic carbocycles. The highest BCUT2D eigenvalue weighted by atomic mass is 32.1. The van der Waals surface area contributed by atoms with Crippen LogP contribution >= 0.6 is 11.3 Å². The van der Waals surface area contributed by atoms with Crippen LogP contribution in [0, 0.1) is 13.8 Å². The number of carbonyl (C=O) groups is 1. The number of carbonyl (C=O) groups excluding carboxylic acids is 1. The van der Waals surface area contributed by atoms with Gasteiger partial charge in [0.15, 0.2) is 0 Å². The molecule has 0 fully saturated rings. The molecule has 0 aliphatic heterocycles. The Morgan fingerprint density at radius 3 is 2.84 bits per heavy atom. The van der Waals surface area contributed by atoms with E-state index in [-0.39, 0.29) is 17.2 Å². The van der Waals surface area contributed by atoms with Gasteiger partial charge in [-0.05, 0) is 26.0 Å². The number of thiazole rings is 1. The Balaban J connectivity index is 1.94. The van der Waals surface area contributed by atoms with E-state index in [2.05, 4.69) is 10.3 Å². The summed E-state index contributed by atoms with van der Waals surface area (Å²) in [6.07, 6.45) is 0.257. The average Bonchev–Trinajstić information content (AvgIpc) is 2.67. The van der Waals surface area contributed by atoms with Crippen LogP contribution in [-0.4, -0.2) is 15.5 Å². The van der Waals surface area contributed by atoms with E-state index >= 15 is 0 Å². The molecule has 5 nitrogen and oxygen atoms in total. The van der Waals surface area contributed by atoms with Gasteiger partial charge in [-0.25, -0.2) is 4.98 Å². The second kappa shape index (κ2) is 5.79. The number of pyridine rings is 1. The third-order valence-corrected chi connectivity index (χ3v) is 3.58. The third kappa shape index (κ3) is 3.51. The van der Waals surface area contributed by atoms with E-state index in [1.807, 2.05) is 26.0 Å². The van der Waals surface area contributed by atoms with Crippen molar-refractivity contribution in [1.29, 1.82) is 0 Å². The molecular formula is C13H15N3O2S. The maximum absolute atomic E-state index is 11.8. The van der Waals surface area contributed by atoms with Crippen LogP contribution < -0.4 is 10.2 Å². The van der Waals surface area contributed by atoms with Gasteiger partial charge in [-0.2, -0.15) is 0 Å². The van der Waals surface area contributed by atoms with E-state index in [1.54, 1.807) is 16.0 Å². The molecule has 19 heavy (non-hydrogen) atoms. The summed E-state index contributed by atoms with van der Waals surface area (Å²) >= 11 is 1.15. The van der Waals surface area contributed by atoms with Crippen molar-refractivity contribution in [3.05, 3.63) is 44.6 Å². The molecule has 100 valence electrons. The Morgan fingerprint density at radius 2 is 2.21 bits per heavy atom. The van der Waals surface area contributed by atoms with Gasteiger partial charge in [0.2, 0.25) is 5.91 Å². The van der Waals surface area contributed by atoms with Gasteiger partial charge in [0.25, 0.3) is 0 Å². The van der Waals surface area contributed by atoms with Crippen LogP contribution in [0.15, 0.2) is 28.4 Å². The van der Waals surface area contributed by atoms with Crippen LogP contribution in [-0.2, 0) is 11.3 Å². The van der Waals surface area contributed by atoms with Crippen LogP contribution in [0.5, 0.6) is 0 Å². The molecule has 0 aliphatic carbocycles. The summed E-state index contributed by atoms with van der Waals surface area (Å²) in [6.45, 7) is 4.12. The van der Waals surface area contributed by atoms with Crippen LogP contribution in [0.25, 0.3) is 0 Å². The smallest absolute Gasteiger partial charge is 0.307 e. The molecule has 0 unspecified atom stereocenters. The summed E-state index contributed by atoms with van der Waals surface area (Å²) in [7, 11) is 0. The minimum Gasteiger partial charge on any atom is -0.311 e. The highest BCUT2D eigenvalue weighted by molar-refractivity contribution is 7.07. The molecule has 0 saturated carbocycles. The maximum atomic E-state index is 11.8. The largest absolute Gasteiger partial charge is 0.311 e. The highest BCUT2D eigenvalue weighted by Gasteiger charge is 2.07. The average molecular weight is 277 g/mol. The van der Waals surface area contributed by atoms with Gasteiger partial charge in [0, 0.05) is 29.7 Å². The van der Waals surface area contributed by atoms with Crippen molar-refractivity contribution in [3.63, 3.8) is 0 Å². The van der Waals surface area contributed by atoms with Gasteiger partial charge in [-0.1, -0.05) is 17.4 Å². The number of anilines is 1. The molecule has 2 aromatic rings. The highest BCUT2D eigenvalue weighted by Crippen LogP contribution is 2.05. The summed E-state index contributed by atoms with van der Waals surface area (Å²) in [5.41, 5.74) is 1.74. The van der Waals surface area contributed by atoms with E-state index in [1.165, 1.54) is 0 Å². The Bertz CT molecular complexity index is 645. The fraction of sp³-hybridized carbons (Fsp3) is 0.308. The van der Waals surface area contributed by atoms with Gasteiger partial charge in [-0.15, -0.1) is 0 Å². The molecule has 0 aliphatic rings. The molecule has 0 atom stereocenters. The molecule has 0 spiro atoms. The van der Waals surface area contributed by atoms with Gasteiger partial charge in [0.05, 0.1) is 0 Å². The quantitative estimate of drug-likeness (QED) is 0.929. The van der Waals surface area contributed by atoms with E-state index in [4.69, 9.17) is 0 Å². The predicted octanol–water partition coefficient (Wildman–Crippen LogP) is 1.95. The molecule has 0 radical (unpaired) electrons. The monoisotopic (exact) mass is 277 g/mol. The first-order valence-electron chi connectivity index (χ1n) is 5.94. The maximum Gasteiger partial charge on any atom is 0.307 e. The minimum atomic E-state index is -0.143. The summed E-state index contributed by atoms with van der Waals surface area (Å²) in [6, 6.07) is 5.45. The second-order valence-corrected chi connectivity index (χ2v) is 5.08. The van der Waals surface area contributed by atoms with Crippen LogP contribution in [0.1, 0.15) is 17.8 Å². The van der Waals surface area contributed by atoms with Gasteiger partial charge < -0.3 is 9.88 Å². The number of rotatable bonds is 4.